The monoisotopic (exact) mass is 264 g/mol. The summed E-state index contributed by atoms with van der Waals surface area (Å²) in [4.78, 5) is 11.1. The van der Waals surface area contributed by atoms with Crippen molar-refractivity contribution in [3.8, 4) is 11.5 Å². The Kier molecular flexibility index (Phi) is 3.17. The van der Waals surface area contributed by atoms with E-state index >= 15 is 0 Å². The zero-order chi connectivity index (χ0) is 10.0. The normalized spacial score (nSPS) is 10.0. The second-order valence-corrected chi connectivity index (χ2v) is 3.50. The van der Waals surface area contributed by atoms with Crippen LogP contribution in [0.25, 0.3) is 0 Å². The van der Waals surface area contributed by atoms with Gasteiger partial charge in [0.05, 0.1) is 10.4 Å². The van der Waals surface area contributed by atoms with E-state index in [-0.39, 0.29) is 33.2 Å². The molecule has 2 N–H and O–H groups in total. The van der Waals surface area contributed by atoms with Crippen LogP contribution in [-0.2, 0) is 0 Å². The first kappa shape index (κ1) is 10.3. The molecule has 0 fully saturated rings. The van der Waals surface area contributed by atoms with Gasteiger partial charge in [0.15, 0.2) is 17.3 Å². The summed E-state index contributed by atoms with van der Waals surface area (Å²) in [6.07, 6.45) is 0. The SMILES string of the molecule is O=C(CCl)c1cc(O)c(O)c(Br)c1. The topological polar surface area (TPSA) is 57.5 Å². The number of aromatic hydroxyl groups is 2. The molecule has 1 aromatic carbocycles. The number of carbonyl (C=O) groups is 1. The third-order valence-electron chi connectivity index (χ3n) is 1.49. The second-order valence-electron chi connectivity index (χ2n) is 2.38. The fourth-order valence-electron chi connectivity index (χ4n) is 0.823. The van der Waals surface area contributed by atoms with E-state index in [1.807, 2.05) is 0 Å². The summed E-state index contributed by atoms with van der Waals surface area (Å²) in [5.74, 6) is -1.09. The van der Waals surface area contributed by atoms with E-state index in [2.05, 4.69) is 15.9 Å². The van der Waals surface area contributed by atoms with Gasteiger partial charge in [-0.25, -0.2) is 0 Å². The lowest BCUT2D eigenvalue weighted by molar-refractivity contribution is 0.102. The molecule has 0 bridgehead atoms. The highest BCUT2D eigenvalue weighted by atomic mass is 79.9. The van der Waals surface area contributed by atoms with Gasteiger partial charge in [0.25, 0.3) is 0 Å². The van der Waals surface area contributed by atoms with Crippen molar-refractivity contribution < 1.29 is 15.0 Å². The minimum atomic E-state index is -0.345. The lowest BCUT2D eigenvalue weighted by atomic mass is 10.1. The molecule has 0 unspecified atom stereocenters. The maximum atomic E-state index is 11.1. The third kappa shape index (κ3) is 2.14. The predicted octanol–water partition coefficient (Wildman–Crippen LogP) is 2.28. The van der Waals surface area contributed by atoms with E-state index in [0.717, 1.165) is 0 Å². The van der Waals surface area contributed by atoms with Crippen LogP contribution in [-0.4, -0.2) is 21.9 Å². The van der Waals surface area contributed by atoms with E-state index < -0.39 is 0 Å². The molecule has 0 heterocycles. The largest absolute Gasteiger partial charge is 0.504 e. The molecular weight excluding hydrogens is 259 g/mol. The van der Waals surface area contributed by atoms with Crippen molar-refractivity contribution in [2.45, 2.75) is 0 Å². The maximum absolute atomic E-state index is 11.1. The molecule has 1 rings (SSSR count). The van der Waals surface area contributed by atoms with Crippen LogP contribution in [0.15, 0.2) is 16.6 Å². The Hall–Kier alpha value is -0.740. The van der Waals surface area contributed by atoms with Gasteiger partial charge in [0.2, 0.25) is 0 Å². The smallest absolute Gasteiger partial charge is 0.177 e. The summed E-state index contributed by atoms with van der Waals surface area (Å²) in [6.45, 7) is 0. The number of hydrogen-bond acceptors (Lipinski definition) is 3. The molecule has 0 atom stereocenters. The van der Waals surface area contributed by atoms with Crippen LogP contribution in [0.3, 0.4) is 0 Å². The Labute approximate surface area is 88.1 Å². The van der Waals surface area contributed by atoms with Gasteiger partial charge in [-0.15, -0.1) is 11.6 Å². The highest BCUT2D eigenvalue weighted by Crippen LogP contribution is 2.34. The van der Waals surface area contributed by atoms with Crippen LogP contribution < -0.4 is 0 Å². The van der Waals surface area contributed by atoms with Crippen molar-refractivity contribution in [1.29, 1.82) is 0 Å². The van der Waals surface area contributed by atoms with Crippen molar-refractivity contribution in [3.05, 3.63) is 22.2 Å². The molecule has 0 aliphatic rings. The zero-order valence-electron chi connectivity index (χ0n) is 6.42. The second kappa shape index (κ2) is 3.98. The summed E-state index contributed by atoms with van der Waals surface area (Å²) < 4.78 is 0.265. The van der Waals surface area contributed by atoms with Gasteiger partial charge < -0.3 is 10.2 Å². The molecule has 0 radical (unpaired) electrons. The van der Waals surface area contributed by atoms with Crippen LogP contribution in [0.4, 0.5) is 0 Å². The van der Waals surface area contributed by atoms with Crippen molar-refractivity contribution >= 4 is 33.3 Å². The lowest BCUT2D eigenvalue weighted by Crippen LogP contribution is -1.99. The number of ketones is 1. The molecule has 0 aliphatic carbocycles. The summed E-state index contributed by atoms with van der Waals surface area (Å²) in [7, 11) is 0. The van der Waals surface area contributed by atoms with Crippen molar-refractivity contribution in [1.82, 2.24) is 0 Å². The minimum Gasteiger partial charge on any atom is -0.504 e. The quantitative estimate of drug-likeness (QED) is 0.490. The third-order valence-corrected chi connectivity index (χ3v) is 2.33. The number of carbonyl (C=O) groups excluding carboxylic acids is 1. The highest BCUT2D eigenvalue weighted by molar-refractivity contribution is 9.10. The number of alkyl halides is 1. The minimum absolute atomic E-state index is 0.156. The number of benzene rings is 1. The first-order valence-electron chi connectivity index (χ1n) is 3.37. The van der Waals surface area contributed by atoms with Crippen molar-refractivity contribution in [2.24, 2.45) is 0 Å². The average Bonchev–Trinajstić information content (AvgIpc) is 2.12. The molecule has 1 aromatic rings. The standard InChI is InChI=1S/C8H6BrClO3/c9-5-1-4(7(12)3-10)2-6(11)8(5)13/h1-2,11,13H,3H2. The van der Waals surface area contributed by atoms with Gasteiger partial charge >= 0.3 is 0 Å². The van der Waals surface area contributed by atoms with Crippen LogP contribution in [0.2, 0.25) is 0 Å². The van der Waals surface area contributed by atoms with Gasteiger partial charge in [-0.2, -0.15) is 0 Å². The molecule has 70 valence electrons. The Morgan fingerprint density at radius 3 is 2.54 bits per heavy atom. The molecule has 0 spiro atoms. The molecule has 0 aliphatic heterocycles. The maximum Gasteiger partial charge on any atom is 0.177 e. The molecule has 0 saturated carbocycles. The van der Waals surface area contributed by atoms with E-state index in [1.165, 1.54) is 12.1 Å². The van der Waals surface area contributed by atoms with E-state index in [4.69, 9.17) is 21.8 Å². The van der Waals surface area contributed by atoms with Gasteiger partial charge in [0.1, 0.15) is 0 Å². The molecule has 0 saturated heterocycles. The fourth-order valence-corrected chi connectivity index (χ4v) is 1.43. The van der Waals surface area contributed by atoms with Crippen LogP contribution in [0.5, 0.6) is 11.5 Å². The Morgan fingerprint density at radius 1 is 1.46 bits per heavy atom. The van der Waals surface area contributed by atoms with Gasteiger partial charge in [-0.05, 0) is 28.1 Å². The lowest BCUT2D eigenvalue weighted by Gasteiger charge is -2.03. The summed E-state index contributed by atoms with van der Waals surface area (Å²) >= 11 is 8.31. The van der Waals surface area contributed by atoms with Crippen molar-refractivity contribution in [3.63, 3.8) is 0 Å². The number of halogens is 2. The van der Waals surface area contributed by atoms with Crippen molar-refractivity contribution in [2.75, 3.05) is 5.88 Å². The average molecular weight is 265 g/mol. The van der Waals surface area contributed by atoms with Crippen LogP contribution in [0, 0.1) is 0 Å². The Morgan fingerprint density at radius 2 is 2.08 bits per heavy atom. The number of rotatable bonds is 2. The number of hydrogen-bond donors (Lipinski definition) is 2. The summed E-state index contributed by atoms with van der Waals surface area (Å²) in [5.41, 5.74) is 0.261. The van der Waals surface area contributed by atoms with Gasteiger partial charge in [-0.3, -0.25) is 4.79 Å². The summed E-state index contributed by atoms with van der Waals surface area (Å²) in [5, 5.41) is 18.3. The fraction of sp³-hybridized carbons (Fsp3) is 0.125. The zero-order valence-corrected chi connectivity index (χ0v) is 8.76. The number of phenolic OH excluding ortho intramolecular Hbond substituents is 2. The summed E-state index contributed by atoms with van der Waals surface area (Å²) in [6, 6.07) is 2.57. The molecule has 13 heavy (non-hydrogen) atoms. The molecule has 3 nitrogen and oxygen atoms in total. The molecule has 5 heteroatoms. The first-order valence-corrected chi connectivity index (χ1v) is 4.69. The van der Waals surface area contributed by atoms with Gasteiger partial charge in [-0.1, -0.05) is 0 Å². The Bertz CT molecular complexity index is 328. The number of phenols is 2. The molecule has 0 amide bonds. The highest BCUT2D eigenvalue weighted by Gasteiger charge is 2.11. The Balaban J connectivity index is 3.20. The molecule has 0 aromatic heterocycles. The first-order chi connectivity index (χ1) is 6.06. The predicted molar refractivity (Wildman–Crippen MR) is 52.5 cm³/mol. The van der Waals surface area contributed by atoms with Crippen LogP contribution >= 0.6 is 27.5 Å². The van der Waals surface area contributed by atoms with Crippen LogP contribution in [0.1, 0.15) is 10.4 Å². The van der Waals surface area contributed by atoms with E-state index in [0.29, 0.717) is 0 Å². The number of Topliss-reactive ketones (excluding diaryl/α,β-unsaturated/α-hetero) is 1. The van der Waals surface area contributed by atoms with E-state index in [1.54, 1.807) is 0 Å². The van der Waals surface area contributed by atoms with Gasteiger partial charge in [0, 0.05) is 5.56 Å². The van der Waals surface area contributed by atoms with E-state index in [9.17, 15) is 4.79 Å². The molecular formula is C8H6BrClO3.